The number of nitrogens with zero attached hydrogens (tertiary/aromatic N) is 1. The largest absolute Gasteiger partial charge is 0.460 e. The van der Waals surface area contributed by atoms with Crippen LogP contribution in [0.1, 0.15) is 31.1 Å². The Balaban J connectivity index is 2.91. The second kappa shape index (κ2) is 8.44. The van der Waals surface area contributed by atoms with Gasteiger partial charge in [0, 0.05) is 12.1 Å². The summed E-state index contributed by atoms with van der Waals surface area (Å²) < 4.78 is 5.07. The van der Waals surface area contributed by atoms with Gasteiger partial charge in [0.25, 0.3) is 11.6 Å². The predicted octanol–water partition coefficient (Wildman–Crippen LogP) is 3.12. The van der Waals surface area contributed by atoms with Crippen LogP contribution in [0.15, 0.2) is 30.4 Å². The molecule has 8 heteroatoms. The van der Waals surface area contributed by atoms with E-state index in [1.54, 1.807) is 20.8 Å². The Labute approximate surface area is 144 Å². The smallest absolute Gasteiger partial charge is 0.329 e. The van der Waals surface area contributed by atoms with Crippen molar-refractivity contribution < 1.29 is 19.2 Å². The molecule has 0 aliphatic carbocycles. The Morgan fingerprint density at radius 2 is 2.04 bits per heavy atom. The van der Waals surface area contributed by atoms with E-state index in [1.807, 2.05) is 0 Å². The molecule has 0 aliphatic rings. The molecule has 1 atom stereocenters. The number of nitro benzene ring substituents is 1. The number of carbonyl (C=O) groups is 2. The van der Waals surface area contributed by atoms with E-state index in [0.29, 0.717) is 5.57 Å². The van der Waals surface area contributed by atoms with Gasteiger partial charge in [0.05, 0.1) is 15.5 Å². The number of hydrogen-bond acceptors (Lipinski definition) is 5. The van der Waals surface area contributed by atoms with E-state index in [-0.39, 0.29) is 28.8 Å². The van der Waals surface area contributed by atoms with E-state index in [1.165, 1.54) is 12.1 Å². The van der Waals surface area contributed by atoms with Crippen molar-refractivity contribution in [1.82, 2.24) is 5.32 Å². The average Bonchev–Trinajstić information content (AvgIpc) is 2.49. The predicted molar refractivity (Wildman–Crippen MR) is 90.0 cm³/mol. The molecule has 1 rings (SSSR count). The Morgan fingerprint density at radius 3 is 2.50 bits per heavy atom. The summed E-state index contributed by atoms with van der Waals surface area (Å²) in [5, 5.41) is 13.2. The van der Waals surface area contributed by atoms with Gasteiger partial charge in [-0.25, -0.2) is 4.79 Å². The van der Waals surface area contributed by atoms with Crippen LogP contribution in [0.3, 0.4) is 0 Å². The molecule has 24 heavy (non-hydrogen) atoms. The average molecular weight is 355 g/mol. The van der Waals surface area contributed by atoms with Gasteiger partial charge in [0.2, 0.25) is 0 Å². The van der Waals surface area contributed by atoms with Crippen LogP contribution in [0, 0.1) is 16.0 Å². The number of hydrogen-bond donors (Lipinski definition) is 1. The minimum absolute atomic E-state index is 0.0422. The summed E-state index contributed by atoms with van der Waals surface area (Å²) in [5.74, 6) is -1.41. The Bertz CT molecular complexity index is 672. The van der Waals surface area contributed by atoms with Crippen LogP contribution in [0.25, 0.3) is 0 Å². The van der Waals surface area contributed by atoms with Crippen molar-refractivity contribution in [3.8, 4) is 0 Å². The number of nitrogens with one attached hydrogen (secondary N) is 1. The molecule has 0 saturated heterocycles. The zero-order valence-electron chi connectivity index (χ0n) is 13.7. The molecule has 0 saturated carbocycles. The molecule has 0 aliphatic heterocycles. The minimum atomic E-state index is -0.872. The van der Waals surface area contributed by atoms with Gasteiger partial charge in [-0.1, -0.05) is 32.0 Å². The highest BCUT2D eigenvalue weighted by Gasteiger charge is 2.27. The van der Waals surface area contributed by atoms with Gasteiger partial charge >= 0.3 is 5.97 Å². The van der Waals surface area contributed by atoms with Crippen molar-refractivity contribution in [1.29, 1.82) is 0 Å². The Kier molecular flexibility index (Phi) is 6.91. The maximum Gasteiger partial charge on any atom is 0.329 e. The number of ether oxygens (including phenoxy) is 1. The number of halogens is 1. The van der Waals surface area contributed by atoms with Gasteiger partial charge in [0.1, 0.15) is 12.6 Å². The lowest BCUT2D eigenvalue weighted by Gasteiger charge is -2.21. The molecule has 0 bridgehead atoms. The van der Waals surface area contributed by atoms with Crippen LogP contribution in [0.4, 0.5) is 5.69 Å². The molecule has 0 heterocycles. The van der Waals surface area contributed by atoms with E-state index in [9.17, 15) is 19.7 Å². The topological polar surface area (TPSA) is 98.5 Å². The fourth-order valence-corrected chi connectivity index (χ4v) is 2.06. The maximum absolute atomic E-state index is 12.3. The number of rotatable bonds is 7. The monoisotopic (exact) mass is 354 g/mol. The molecule has 0 aromatic heterocycles. The number of esters is 1. The highest BCUT2D eigenvalue weighted by Crippen LogP contribution is 2.22. The summed E-state index contributed by atoms with van der Waals surface area (Å²) in [4.78, 5) is 34.5. The zero-order valence-corrected chi connectivity index (χ0v) is 14.4. The van der Waals surface area contributed by atoms with Crippen LogP contribution in [-0.2, 0) is 9.53 Å². The van der Waals surface area contributed by atoms with Gasteiger partial charge in [-0.2, -0.15) is 0 Å². The molecule has 130 valence electrons. The van der Waals surface area contributed by atoms with E-state index in [4.69, 9.17) is 16.3 Å². The van der Waals surface area contributed by atoms with Gasteiger partial charge < -0.3 is 10.1 Å². The Hall–Kier alpha value is -2.41. The molecule has 0 radical (unpaired) electrons. The van der Waals surface area contributed by atoms with Crippen LogP contribution in [-0.4, -0.2) is 29.4 Å². The van der Waals surface area contributed by atoms with Crippen LogP contribution in [0.2, 0.25) is 5.02 Å². The second-order valence-corrected chi connectivity index (χ2v) is 6.09. The number of carbonyl (C=O) groups excluding carboxylic acids is 2. The summed E-state index contributed by atoms with van der Waals surface area (Å²) in [6.07, 6.45) is 0. The molecule has 7 nitrogen and oxygen atoms in total. The third-order valence-corrected chi connectivity index (χ3v) is 3.39. The molecule has 1 N–H and O–H groups in total. The number of nitro groups is 1. The fourth-order valence-electron chi connectivity index (χ4n) is 1.80. The van der Waals surface area contributed by atoms with E-state index in [2.05, 4.69) is 11.9 Å². The van der Waals surface area contributed by atoms with E-state index in [0.717, 1.165) is 6.07 Å². The quantitative estimate of drug-likeness (QED) is 0.351. The number of benzene rings is 1. The first-order valence-electron chi connectivity index (χ1n) is 7.19. The van der Waals surface area contributed by atoms with E-state index < -0.39 is 22.8 Å². The molecule has 1 aromatic rings. The lowest BCUT2D eigenvalue weighted by molar-refractivity contribution is -0.384. The van der Waals surface area contributed by atoms with E-state index >= 15 is 0 Å². The highest BCUT2D eigenvalue weighted by molar-refractivity contribution is 6.34. The highest BCUT2D eigenvalue weighted by atomic mass is 35.5. The van der Waals surface area contributed by atoms with Gasteiger partial charge in [-0.3, -0.25) is 14.9 Å². The molecular formula is C16H19ClN2O5. The first-order chi connectivity index (χ1) is 11.1. The first kappa shape index (κ1) is 19.6. The summed E-state index contributed by atoms with van der Waals surface area (Å²) >= 11 is 5.92. The standard InChI is InChI=1S/C16H19ClN2O5/c1-9(2)8-24-16(21)14(10(3)4)18-15(20)12-6-5-11(19(22)23)7-13(12)17/h5-7,10,14H,1,8H2,2-4H3,(H,18,20)/t14-/m0/s1. The third kappa shape index (κ3) is 5.34. The van der Waals surface area contributed by atoms with Gasteiger partial charge in [-0.15, -0.1) is 0 Å². The van der Waals surface area contributed by atoms with Crippen LogP contribution >= 0.6 is 11.6 Å². The zero-order chi connectivity index (χ0) is 18.4. The first-order valence-corrected chi connectivity index (χ1v) is 7.57. The van der Waals surface area contributed by atoms with Gasteiger partial charge in [-0.05, 0) is 24.5 Å². The van der Waals surface area contributed by atoms with Crippen molar-refractivity contribution >= 4 is 29.2 Å². The fraction of sp³-hybridized carbons (Fsp3) is 0.375. The van der Waals surface area contributed by atoms with Crippen molar-refractivity contribution in [2.24, 2.45) is 5.92 Å². The molecule has 1 aromatic carbocycles. The third-order valence-electron chi connectivity index (χ3n) is 3.08. The summed E-state index contributed by atoms with van der Waals surface area (Å²) in [7, 11) is 0. The molecule has 0 fully saturated rings. The van der Waals surface area contributed by atoms with Crippen molar-refractivity contribution in [2.45, 2.75) is 26.8 Å². The molecule has 0 spiro atoms. The lowest BCUT2D eigenvalue weighted by atomic mass is 10.0. The SMILES string of the molecule is C=C(C)COC(=O)[C@@H](NC(=O)c1ccc([N+](=O)[O-])cc1Cl)C(C)C. The molecule has 1 amide bonds. The maximum atomic E-state index is 12.3. The van der Waals surface area contributed by atoms with Crippen molar-refractivity contribution in [2.75, 3.05) is 6.61 Å². The van der Waals surface area contributed by atoms with Crippen molar-refractivity contribution in [3.63, 3.8) is 0 Å². The van der Waals surface area contributed by atoms with Crippen LogP contribution < -0.4 is 5.32 Å². The second-order valence-electron chi connectivity index (χ2n) is 5.68. The summed E-state index contributed by atoms with van der Waals surface area (Å²) in [6.45, 7) is 8.93. The number of amides is 1. The molecule has 0 unspecified atom stereocenters. The van der Waals surface area contributed by atoms with Crippen LogP contribution in [0.5, 0.6) is 0 Å². The van der Waals surface area contributed by atoms with Crippen molar-refractivity contribution in [3.05, 3.63) is 51.1 Å². The normalized spacial score (nSPS) is 11.7. The molecular weight excluding hydrogens is 336 g/mol. The summed E-state index contributed by atoms with van der Waals surface area (Å²) in [5.41, 5.74) is 0.494. The summed E-state index contributed by atoms with van der Waals surface area (Å²) in [6, 6.07) is 2.63. The minimum Gasteiger partial charge on any atom is -0.460 e. The lowest BCUT2D eigenvalue weighted by Crippen LogP contribution is -2.45. The number of non-ortho nitro benzene ring substituents is 1. The Morgan fingerprint density at radius 1 is 1.42 bits per heavy atom. The van der Waals surface area contributed by atoms with Gasteiger partial charge in [0.15, 0.2) is 0 Å².